The van der Waals surface area contributed by atoms with Crippen LogP contribution in [0.25, 0.3) is 0 Å². The van der Waals surface area contributed by atoms with E-state index in [0.717, 1.165) is 32.1 Å². The molecule has 1 N–H and O–H groups in total. The summed E-state index contributed by atoms with van der Waals surface area (Å²) in [5.41, 5.74) is -0.368. The topological polar surface area (TPSA) is 102 Å². The van der Waals surface area contributed by atoms with Crippen LogP contribution in [0, 0.1) is 5.92 Å². The highest BCUT2D eigenvalue weighted by molar-refractivity contribution is 6.20. The number of alkyl carbamates (subject to hydrolysis) is 1. The molecular weight excluding hydrogens is 376 g/mol. The summed E-state index contributed by atoms with van der Waals surface area (Å²) in [4.78, 5) is 55.3. The Kier molecular flexibility index (Phi) is 5.91. The maximum Gasteiger partial charge on any atom is 0.408 e. The summed E-state index contributed by atoms with van der Waals surface area (Å²) in [7, 11) is 0. The number of imide groups is 1. The number of carbonyl (C=O) groups is 4. The van der Waals surface area contributed by atoms with Crippen LogP contribution >= 0.6 is 0 Å². The molecule has 1 aliphatic heterocycles. The molecule has 29 heavy (non-hydrogen) atoms. The summed E-state index contributed by atoms with van der Waals surface area (Å²) in [5.74, 6) is -2.39. The smallest absolute Gasteiger partial charge is 0.408 e. The van der Waals surface area contributed by atoms with Crippen molar-refractivity contribution in [2.24, 2.45) is 5.92 Å². The van der Waals surface area contributed by atoms with E-state index in [2.05, 4.69) is 5.32 Å². The van der Waals surface area contributed by atoms with Gasteiger partial charge in [0.2, 0.25) is 0 Å². The highest BCUT2D eigenvalue weighted by Gasteiger charge is 2.42. The van der Waals surface area contributed by atoms with Gasteiger partial charge >= 0.3 is 12.1 Å². The molecule has 3 rings (SSSR count). The normalized spacial score (nSPS) is 18.2. The second kappa shape index (κ2) is 8.23. The molecule has 8 nitrogen and oxygen atoms in total. The number of hydrogen-bond acceptors (Lipinski definition) is 6. The summed E-state index contributed by atoms with van der Waals surface area (Å²) in [6.07, 6.45) is 3.64. The quantitative estimate of drug-likeness (QED) is 0.776. The minimum absolute atomic E-state index is 0.154. The third-order valence-corrected chi connectivity index (χ3v) is 4.99. The molecule has 0 spiro atoms. The van der Waals surface area contributed by atoms with Gasteiger partial charge in [0.05, 0.1) is 11.1 Å². The average molecular weight is 402 g/mol. The number of carbonyl (C=O) groups excluding carboxylic acids is 4. The Balaban J connectivity index is 1.75. The molecule has 1 saturated carbocycles. The lowest BCUT2D eigenvalue weighted by atomic mass is 9.84. The van der Waals surface area contributed by atoms with Gasteiger partial charge in [0.1, 0.15) is 11.6 Å². The molecule has 1 fully saturated rings. The van der Waals surface area contributed by atoms with Crippen LogP contribution in [0.1, 0.15) is 73.6 Å². The molecular formula is C21H26N2O6. The van der Waals surface area contributed by atoms with Gasteiger partial charge in [-0.15, -0.1) is 0 Å². The fourth-order valence-electron chi connectivity index (χ4n) is 3.67. The van der Waals surface area contributed by atoms with Crippen molar-refractivity contribution >= 4 is 23.9 Å². The molecule has 0 aromatic heterocycles. The first kappa shape index (κ1) is 20.8. The van der Waals surface area contributed by atoms with Crippen LogP contribution in [0.3, 0.4) is 0 Å². The third kappa shape index (κ3) is 4.75. The van der Waals surface area contributed by atoms with Gasteiger partial charge in [0.15, 0.2) is 0 Å². The number of rotatable bonds is 4. The molecule has 1 heterocycles. The second-order valence-electron chi connectivity index (χ2n) is 8.38. The van der Waals surface area contributed by atoms with Gasteiger partial charge < -0.3 is 14.9 Å². The number of nitrogens with zero attached hydrogens (tertiary/aromatic N) is 1. The van der Waals surface area contributed by atoms with Gasteiger partial charge in [0.25, 0.3) is 11.8 Å². The average Bonchev–Trinajstić information content (AvgIpc) is 2.90. The highest BCUT2D eigenvalue weighted by Crippen LogP contribution is 2.29. The highest BCUT2D eigenvalue weighted by atomic mass is 16.7. The first-order valence-electron chi connectivity index (χ1n) is 9.86. The Morgan fingerprint density at radius 2 is 1.59 bits per heavy atom. The van der Waals surface area contributed by atoms with E-state index in [9.17, 15) is 19.2 Å². The van der Waals surface area contributed by atoms with E-state index in [0.29, 0.717) is 5.06 Å². The molecule has 0 bridgehead atoms. The van der Waals surface area contributed by atoms with E-state index in [1.54, 1.807) is 32.9 Å². The molecule has 0 saturated heterocycles. The standard InChI is InChI=1S/C21H26N2O6/c1-21(2,3)28-20(27)22-16(13-9-5-4-6-10-13)19(26)29-23-17(24)14-11-7-8-12-15(14)18(23)25/h7-8,11-13,16H,4-6,9-10H2,1-3H3,(H,22,27)/t16-/m0/s1. The first-order chi connectivity index (χ1) is 13.7. The van der Waals surface area contributed by atoms with Gasteiger partial charge in [-0.3, -0.25) is 9.59 Å². The summed E-state index contributed by atoms with van der Waals surface area (Å²) in [5, 5.41) is 3.05. The zero-order chi connectivity index (χ0) is 21.2. The van der Waals surface area contributed by atoms with Crippen molar-refractivity contribution in [3.63, 3.8) is 0 Å². The minimum Gasteiger partial charge on any atom is -0.444 e. The van der Waals surface area contributed by atoms with Gasteiger partial charge in [-0.1, -0.05) is 36.5 Å². The zero-order valence-corrected chi connectivity index (χ0v) is 16.9. The lowest BCUT2D eigenvalue weighted by molar-refractivity contribution is -0.173. The summed E-state index contributed by atoms with van der Waals surface area (Å²) < 4.78 is 5.27. The molecule has 1 aromatic carbocycles. The molecule has 1 aliphatic carbocycles. The van der Waals surface area contributed by atoms with E-state index < -0.39 is 35.5 Å². The van der Waals surface area contributed by atoms with Crippen LogP contribution in [0.5, 0.6) is 0 Å². The molecule has 8 heteroatoms. The van der Waals surface area contributed by atoms with Crippen LogP contribution < -0.4 is 5.32 Å². The number of ether oxygens (including phenoxy) is 1. The Morgan fingerprint density at radius 1 is 1.03 bits per heavy atom. The molecule has 3 amide bonds. The van der Waals surface area contributed by atoms with E-state index in [-0.39, 0.29) is 17.0 Å². The predicted molar refractivity (Wildman–Crippen MR) is 103 cm³/mol. The van der Waals surface area contributed by atoms with Crippen LogP contribution in [-0.2, 0) is 14.4 Å². The summed E-state index contributed by atoms with van der Waals surface area (Å²) in [6.45, 7) is 5.16. The van der Waals surface area contributed by atoms with Crippen LogP contribution in [0.4, 0.5) is 4.79 Å². The monoisotopic (exact) mass is 402 g/mol. The van der Waals surface area contributed by atoms with Crippen LogP contribution in [-0.4, -0.2) is 40.6 Å². The maximum absolute atomic E-state index is 12.9. The number of benzene rings is 1. The van der Waals surface area contributed by atoms with Gasteiger partial charge in [-0.25, -0.2) is 9.59 Å². The first-order valence-corrected chi connectivity index (χ1v) is 9.86. The van der Waals surface area contributed by atoms with Crippen molar-refractivity contribution in [1.82, 2.24) is 10.4 Å². The molecule has 2 aliphatic rings. The minimum atomic E-state index is -1.01. The molecule has 0 radical (unpaired) electrons. The lowest BCUT2D eigenvalue weighted by Gasteiger charge is -2.30. The molecule has 156 valence electrons. The summed E-state index contributed by atoms with van der Waals surface area (Å²) in [6, 6.07) is 5.26. The number of nitrogens with one attached hydrogen (secondary N) is 1. The van der Waals surface area contributed by atoms with Crippen molar-refractivity contribution in [3.8, 4) is 0 Å². The van der Waals surface area contributed by atoms with E-state index in [4.69, 9.17) is 9.57 Å². The number of amides is 3. The fourth-order valence-corrected chi connectivity index (χ4v) is 3.67. The summed E-state index contributed by atoms with van der Waals surface area (Å²) >= 11 is 0. The van der Waals surface area contributed by atoms with Crippen molar-refractivity contribution in [3.05, 3.63) is 35.4 Å². The molecule has 1 aromatic rings. The van der Waals surface area contributed by atoms with Crippen LogP contribution in [0.15, 0.2) is 24.3 Å². The fraction of sp³-hybridized carbons (Fsp3) is 0.524. The van der Waals surface area contributed by atoms with Crippen molar-refractivity contribution in [2.45, 2.75) is 64.5 Å². The maximum atomic E-state index is 12.9. The van der Waals surface area contributed by atoms with Gasteiger partial charge in [-0.2, -0.15) is 0 Å². The third-order valence-electron chi connectivity index (χ3n) is 4.99. The number of hydroxylamine groups is 2. The van der Waals surface area contributed by atoms with Gasteiger partial charge in [0, 0.05) is 0 Å². The molecule has 1 atom stereocenters. The number of fused-ring (bicyclic) bond motifs is 1. The SMILES string of the molecule is CC(C)(C)OC(=O)N[C@H](C(=O)ON1C(=O)c2ccccc2C1=O)C1CCCCC1. The van der Waals surface area contributed by atoms with E-state index in [1.165, 1.54) is 12.1 Å². The zero-order valence-electron chi connectivity index (χ0n) is 16.9. The van der Waals surface area contributed by atoms with Crippen molar-refractivity contribution in [2.75, 3.05) is 0 Å². The Hall–Kier alpha value is -2.90. The second-order valence-corrected chi connectivity index (χ2v) is 8.38. The predicted octanol–water partition coefficient (Wildman–Crippen LogP) is 3.21. The largest absolute Gasteiger partial charge is 0.444 e. The van der Waals surface area contributed by atoms with E-state index >= 15 is 0 Å². The van der Waals surface area contributed by atoms with Crippen molar-refractivity contribution in [1.29, 1.82) is 0 Å². The Morgan fingerprint density at radius 3 is 2.10 bits per heavy atom. The molecule has 0 unspecified atom stereocenters. The number of hydrogen-bond donors (Lipinski definition) is 1. The van der Waals surface area contributed by atoms with E-state index in [1.807, 2.05) is 0 Å². The lowest BCUT2D eigenvalue weighted by Crippen LogP contribution is -2.51. The van der Waals surface area contributed by atoms with Gasteiger partial charge in [-0.05, 0) is 51.7 Å². The van der Waals surface area contributed by atoms with Crippen molar-refractivity contribution < 1.29 is 28.8 Å². The Labute approximate surface area is 169 Å². The van der Waals surface area contributed by atoms with Crippen LogP contribution in [0.2, 0.25) is 0 Å². The Bertz CT molecular complexity index is 788.